The molecule has 40 heavy (non-hydrogen) atoms. The molecule has 3 N–H and O–H groups in total. The lowest BCUT2D eigenvalue weighted by Gasteiger charge is -2.30. The Kier molecular flexibility index (Phi) is 9.15. The number of anilines is 1. The third-order valence-corrected chi connectivity index (χ3v) is 6.68. The number of rotatable bonds is 9. The Labute approximate surface area is 231 Å². The molecule has 1 aromatic heterocycles. The zero-order chi connectivity index (χ0) is 28.9. The third-order valence-electron chi connectivity index (χ3n) is 6.44. The van der Waals surface area contributed by atoms with Crippen LogP contribution in [0.1, 0.15) is 37.0 Å². The van der Waals surface area contributed by atoms with Gasteiger partial charge in [-0.2, -0.15) is 13.2 Å². The van der Waals surface area contributed by atoms with Crippen LogP contribution in [0.4, 0.5) is 24.5 Å². The van der Waals surface area contributed by atoms with E-state index in [-0.39, 0.29) is 37.5 Å². The summed E-state index contributed by atoms with van der Waals surface area (Å²) in [5.41, 5.74) is -1.51. The van der Waals surface area contributed by atoms with Crippen molar-refractivity contribution in [3.8, 4) is 0 Å². The fraction of sp³-hybridized carbons (Fsp3) is 0.385. The smallest absolute Gasteiger partial charge is 0.423 e. The average molecular weight is 583 g/mol. The molecular formula is C26H26ClF3N4O6. The Hall–Kier alpha value is -3.84. The number of hydrogen-bond donors (Lipinski definition) is 3. The van der Waals surface area contributed by atoms with Gasteiger partial charge in [0, 0.05) is 34.7 Å². The van der Waals surface area contributed by atoms with Gasteiger partial charge in [0.2, 0.25) is 0 Å². The molecule has 0 bridgehead atoms. The highest BCUT2D eigenvalue weighted by Crippen LogP contribution is 2.38. The highest BCUT2D eigenvalue weighted by atomic mass is 35.5. The molecule has 0 spiro atoms. The summed E-state index contributed by atoms with van der Waals surface area (Å²) in [6.45, 7) is 0.337. The zero-order valence-electron chi connectivity index (χ0n) is 21.1. The maximum atomic E-state index is 13.2. The van der Waals surface area contributed by atoms with Crippen LogP contribution in [0.5, 0.6) is 0 Å². The van der Waals surface area contributed by atoms with Gasteiger partial charge in [0.25, 0.3) is 5.69 Å². The van der Waals surface area contributed by atoms with Gasteiger partial charge in [-0.15, -0.1) is 0 Å². The van der Waals surface area contributed by atoms with Crippen LogP contribution in [0.2, 0.25) is 5.02 Å². The van der Waals surface area contributed by atoms with E-state index in [9.17, 15) is 32.9 Å². The molecule has 1 aliphatic rings. The van der Waals surface area contributed by atoms with Gasteiger partial charge in [-0.25, -0.2) is 0 Å². The minimum Gasteiger partial charge on any atom is -0.459 e. The summed E-state index contributed by atoms with van der Waals surface area (Å²) in [4.78, 5) is 34.0. The molecule has 2 amide bonds. The molecule has 1 saturated carbocycles. The molecule has 4 rings (SSSR count). The first-order valence-corrected chi connectivity index (χ1v) is 12.8. The second-order valence-electron chi connectivity index (χ2n) is 9.31. The molecule has 0 unspecified atom stereocenters. The van der Waals surface area contributed by atoms with Crippen LogP contribution in [-0.2, 0) is 27.0 Å². The molecule has 0 atom stereocenters. The fourth-order valence-electron chi connectivity index (χ4n) is 4.50. The fourth-order valence-corrected chi connectivity index (χ4v) is 4.68. The number of nitrogens with zero attached hydrogens (tertiary/aromatic N) is 1. The van der Waals surface area contributed by atoms with E-state index in [1.54, 1.807) is 24.3 Å². The minimum absolute atomic E-state index is 0.0315. The van der Waals surface area contributed by atoms with Gasteiger partial charge in [0.1, 0.15) is 16.9 Å². The SMILES string of the molecule is O=C(NCCO[C@H]1CC[C@H](Nc2ccc([N+](=O)[O-])c(C(F)(F)F)c2)CC1)C(=O)NCc1cc2cc(Cl)ccc2o1. The first-order valence-electron chi connectivity index (χ1n) is 12.5. The third kappa shape index (κ3) is 7.63. The largest absolute Gasteiger partial charge is 0.459 e. The van der Waals surface area contributed by atoms with Crippen LogP contribution in [0.15, 0.2) is 46.9 Å². The second kappa shape index (κ2) is 12.6. The first kappa shape index (κ1) is 29.2. The van der Waals surface area contributed by atoms with Gasteiger partial charge < -0.3 is 25.1 Å². The lowest BCUT2D eigenvalue weighted by Crippen LogP contribution is -2.41. The predicted molar refractivity (Wildman–Crippen MR) is 140 cm³/mol. The molecule has 2 aromatic carbocycles. The summed E-state index contributed by atoms with van der Waals surface area (Å²) in [7, 11) is 0. The van der Waals surface area contributed by atoms with Crippen LogP contribution in [0.25, 0.3) is 11.0 Å². The van der Waals surface area contributed by atoms with Crippen molar-refractivity contribution in [1.29, 1.82) is 0 Å². The Morgan fingerprint density at radius 1 is 1.05 bits per heavy atom. The van der Waals surface area contributed by atoms with E-state index < -0.39 is 34.2 Å². The van der Waals surface area contributed by atoms with Gasteiger partial charge in [-0.1, -0.05) is 11.6 Å². The predicted octanol–water partition coefficient (Wildman–Crippen LogP) is 5.19. The summed E-state index contributed by atoms with van der Waals surface area (Å²) >= 11 is 5.95. The number of ether oxygens (including phenoxy) is 1. The minimum atomic E-state index is -4.84. The van der Waals surface area contributed by atoms with Crippen LogP contribution in [0.3, 0.4) is 0 Å². The number of carbonyl (C=O) groups excluding carboxylic acids is 2. The molecule has 1 fully saturated rings. The standard InChI is InChI=1S/C26H26ClF3N4O6/c27-16-1-8-23-15(11-16)12-20(40-23)14-32-25(36)24(35)31-9-10-39-19-5-2-17(3-6-19)33-18-4-7-22(34(37)38)21(13-18)26(28,29)30/h1,4,7-8,11-13,17,19,33H,2-3,5-6,9-10,14H2,(H,31,35)(H,32,36)/t17-,19-. The highest BCUT2D eigenvalue weighted by Gasteiger charge is 2.38. The summed E-state index contributed by atoms with van der Waals surface area (Å²) in [6, 6.07) is 9.61. The van der Waals surface area contributed by atoms with Crippen LogP contribution >= 0.6 is 11.6 Å². The van der Waals surface area contributed by atoms with Crippen molar-refractivity contribution in [2.75, 3.05) is 18.5 Å². The number of benzene rings is 2. The molecule has 3 aromatic rings. The molecule has 1 aliphatic carbocycles. The zero-order valence-corrected chi connectivity index (χ0v) is 21.8. The van der Waals surface area contributed by atoms with Gasteiger partial charge in [0.05, 0.1) is 24.2 Å². The molecule has 0 aliphatic heterocycles. The molecule has 0 saturated heterocycles. The first-order chi connectivity index (χ1) is 19.0. The van der Waals surface area contributed by atoms with Gasteiger partial charge in [0.15, 0.2) is 0 Å². The number of furan rings is 1. The Balaban J connectivity index is 1.14. The number of carbonyl (C=O) groups is 2. The maximum absolute atomic E-state index is 13.2. The summed E-state index contributed by atoms with van der Waals surface area (Å²) < 4.78 is 51.0. The highest BCUT2D eigenvalue weighted by molar-refractivity contribution is 6.35. The summed E-state index contributed by atoms with van der Waals surface area (Å²) in [5.74, 6) is -1.15. The number of halogens is 4. The van der Waals surface area contributed by atoms with Crippen molar-refractivity contribution in [2.45, 2.75) is 50.6 Å². The normalized spacial score (nSPS) is 17.4. The molecule has 0 radical (unpaired) electrons. The number of amides is 2. The van der Waals surface area contributed by atoms with E-state index in [2.05, 4.69) is 16.0 Å². The Morgan fingerprint density at radius 3 is 2.48 bits per heavy atom. The van der Waals surface area contributed by atoms with E-state index in [0.717, 1.165) is 17.5 Å². The van der Waals surface area contributed by atoms with Crippen molar-refractivity contribution in [3.63, 3.8) is 0 Å². The van der Waals surface area contributed by atoms with Crippen LogP contribution < -0.4 is 16.0 Å². The monoisotopic (exact) mass is 582 g/mol. The second-order valence-corrected chi connectivity index (χ2v) is 9.75. The van der Waals surface area contributed by atoms with E-state index in [0.29, 0.717) is 42.0 Å². The van der Waals surface area contributed by atoms with E-state index in [1.807, 2.05) is 0 Å². The Morgan fingerprint density at radius 2 is 1.77 bits per heavy atom. The molecule has 214 valence electrons. The van der Waals surface area contributed by atoms with E-state index in [4.69, 9.17) is 20.8 Å². The van der Waals surface area contributed by atoms with Crippen LogP contribution in [-0.4, -0.2) is 42.0 Å². The van der Waals surface area contributed by atoms with E-state index >= 15 is 0 Å². The number of fused-ring (bicyclic) bond motifs is 1. The van der Waals surface area contributed by atoms with Crippen molar-refractivity contribution >= 4 is 45.8 Å². The van der Waals surface area contributed by atoms with Crippen molar-refractivity contribution in [2.24, 2.45) is 0 Å². The lowest BCUT2D eigenvalue weighted by atomic mass is 9.92. The Bertz CT molecular complexity index is 1390. The molecule has 1 heterocycles. The number of alkyl halides is 3. The van der Waals surface area contributed by atoms with Crippen molar-refractivity contribution in [3.05, 3.63) is 68.9 Å². The molecular weight excluding hydrogens is 557 g/mol. The van der Waals surface area contributed by atoms with E-state index in [1.165, 1.54) is 6.07 Å². The van der Waals surface area contributed by atoms with Crippen LogP contribution in [0, 0.1) is 10.1 Å². The lowest BCUT2D eigenvalue weighted by molar-refractivity contribution is -0.388. The van der Waals surface area contributed by atoms with Gasteiger partial charge in [-0.3, -0.25) is 19.7 Å². The topological polar surface area (TPSA) is 136 Å². The number of hydrogen-bond acceptors (Lipinski definition) is 7. The van der Waals surface area contributed by atoms with Crippen molar-refractivity contribution < 1.29 is 36.8 Å². The number of nitrogens with one attached hydrogen (secondary N) is 3. The number of nitro groups is 1. The van der Waals surface area contributed by atoms with Crippen molar-refractivity contribution in [1.82, 2.24) is 10.6 Å². The van der Waals surface area contributed by atoms with Gasteiger partial charge >= 0.3 is 18.0 Å². The maximum Gasteiger partial charge on any atom is 0.423 e. The summed E-state index contributed by atoms with van der Waals surface area (Å²) in [6.07, 6.45) is -2.45. The molecule has 14 heteroatoms. The quantitative estimate of drug-likeness (QED) is 0.137. The number of nitro benzene ring substituents is 1. The summed E-state index contributed by atoms with van der Waals surface area (Å²) in [5, 5.41) is 20.3. The average Bonchev–Trinajstić information content (AvgIpc) is 3.32. The van der Waals surface area contributed by atoms with Gasteiger partial charge in [-0.05, 0) is 62.1 Å². The molecule has 10 nitrogen and oxygen atoms in total.